The van der Waals surface area contributed by atoms with E-state index in [4.69, 9.17) is 10.5 Å². The van der Waals surface area contributed by atoms with Gasteiger partial charge in [-0.3, -0.25) is 9.59 Å². The summed E-state index contributed by atoms with van der Waals surface area (Å²) in [5.41, 5.74) is 5.67. The number of nitrogens with two attached hydrogens (primary N) is 1. The van der Waals surface area contributed by atoms with Gasteiger partial charge in [0.25, 0.3) is 11.7 Å². The lowest BCUT2D eigenvalue weighted by molar-refractivity contribution is -0.173. The highest BCUT2D eigenvalue weighted by molar-refractivity contribution is 6.10. The van der Waals surface area contributed by atoms with Crippen LogP contribution in [0.25, 0.3) is 0 Å². The fraction of sp³-hybridized carbons (Fsp3) is 0.238. The van der Waals surface area contributed by atoms with Crippen LogP contribution in [0.15, 0.2) is 48.8 Å². The van der Waals surface area contributed by atoms with Crippen molar-refractivity contribution in [3.05, 3.63) is 76.9 Å². The van der Waals surface area contributed by atoms with Gasteiger partial charge in [-0.2, -0.15) is 0 Å². The largest absolute Gasteiger partial charge is 0.454 e. The fourth-order valence-electron chi connectivity index (χ4n) is 4.31. The molecule has 3 N–H and O–H groups in total. The maximum Gasteiger partial charge on any atom is 0.288 e. The number of Topliss-reactive ketones (excluding diaryl/α,β-unsaturated/α-hetero) is 1. The van der Waals surface area contributed by atoms with Gasteiger partial charge in [0.2, 0.25) is 17.1 Å². The maximum atomic E-state index is 13.7. The summed E-state index contributed by atoms with van der Waals surface area (Å²) in [6, 6.07) is 12.2. The number of nitrogens with zero attached hydrogens (tertiary/aromatic N) is 3. The Labute approximate surface area is 165 Å². The molecule has 2 aromatic carbocycles. The lowest BCUT2D eigenvalue weighted by Gasteiger charge is -2.33. The summed E-state index contributed by atoms with van der Waals surface area (Å²) in [4.78, 5) is 29.2. The van der Waals surface area contributed by atoms with E-state index in [1.165, 1.54) is 11.0 Å². The van der Waals surface area contributed by atoms with Crippen molar-refractivity contribution in [3.8, 4) is 5.75 Å². The SMILES string of the molecule is CC(C)c1ccc2c(c1)OC1(O)c3ccccc3C(=O)C21n1cnc(C(N)=O)n1. The first-order valence-corrected chi connectivity index (χ1v) is 9.22. The molecule has 0 fully saturated rings. The maximum absolute atomic E-state index is 13.7. The predicted octanol–water partition coefficient (Wildman–Crippen LogP) is 1.68. The number of amides is 1. The molecule has 2 aliphatic rings. The minimum absolute atomic E-state index is 0.228. The highest BCUT2D eigenvalue weighted by Gasteiger charge is 2.72. The van der Waals surface area contributed by atoms with Crippen molar-refractivity contribution in [2.24, 2.45) is 5.73 Å². The molecule has 1 aliphatic carbocycles. The van der Waals surface area contributed by atoms with Gasteiger partial charge in [-0.05, 0) is 17.5 Å². The van der Waals surface area contributed by atoms with E-state index in [2.05, 4.69) is 10.1 Å². The quantitative estimate of drug-likeness (QED) is 0.702. The van der Waals surface area contributed by atoms with Crippen molar-refractivity contribution in [3.63, 3.8) is 0 Å². The third-order valence-electron chi connectivity index (χ3n) is 5.73. The van der Waals surface area contributed by atoms with Crippen molar-refractivity contribution in [2.45, 2.75) is 31.1 Å². The summed E-state index contributed by atoms with van der Waals surface area (Å²) in [6.07, 6.45) is 1.23. The van der Waals surface area contributed by atoms with Gasteiger partial charge in [0.05, 0.1) is 0 Å². The number of benzene rings is 2. The summed E-state index contributed by atoms with van der Waals surface area (Å²) < 4.78 is 7.25. The number of carbonyl (C=O) groups excluding carboxylic acids is 2. The molecular formula is C21H18N4O4. The number of carbonyl (C=O) groups is 2. The molecule has 1 aromatic heterocycles. The molecule has 1 amide bonds. The minimum Gasteiger partial charge on any atom is -0.454 e. The van der Waals surface area contributed by atoms with Gasteiger partial charge in [-0.15, -0.1) is 5.10 Å². The van der Waals surface area contributed by atoms with Gasteiger partial charge in [0.1, 0.15) is 12.1 Å². The average molecular weight is 390 g/mol. The Balaban J connectivity index is 1.85. The van der Waals surface area contributed by atoms with E-state index in [1.807, 2.05) is 26.0 Å². The minimum atomic E-state index is -2.04. The Bertz CT molecular complexity index is 1200. The number of ketones is 1. The first kappa shape index (κ1) is 17.6. The summed E-state index contributed by atoms with van der Waals surface area (Å²) >= 11 is 0. The van der Waals surface area contributed by atoms with Gasteiger partial charge in [0.15, 0.2) is 0 Å². The molecule has 0 saturated carbocycles. The van der Waals surface area contributed by atoms with Crippen LogP contribution < -0.4 is 10.5 Å². The fourth-order valence-corrected chi connectivity index (χ4v) is 4.31. The molecule has 1 aliphatic heterocycles. The van der Waals surface area contributed by atoms with E-state index in [-0.39, 0.29) is 11.7 Å². The normalized spacial score (nSPS) is 24.2. The van der Waals surface area contributed by atoms with Crippen LogP contribution in [0.1, 0.15) is 57.4 Å². The Hall–Kier alpha value is -3.52. The van der Waals surface area contributed by atoms with E-state index in [9.17, 15) is 14.7 Å². The number of hydrogen-bond donors (Lipinski definition) is 2. The van der Waals surface area contributed by atoms with Crippen LogP contribution in [0.3, 0.4) is 0 Å². The van der Waals surface area contributed by atoms with Crippen molar-refractivity contribution in [1.82, 2.24) is 14.8 Å². The zero-order chi connectivity index (χ0) is 20.6. The van der Waals surface area contributed by atoms with E-state index in [0.717, 1.165) is 5.56 Å². The molecule has 146 valence electrons. The van der Waals surface area contributed by atoms with E-state index in [0.29, 0.717) is 22.4 Å². The zero-order valence-electron chi connectivity index (χ0n) is 15.8. The molecule has 0 spiro atoms. The molecule has 5 rings (SSSR count). The monoisotopic (exact) mass is 390 g/mol. The molecule has 8 nitrogen and oxygen atoms in total. The van der Waals surface area contributed by atoms with Gasteiger partial charge >= 0.3 is 0 Å². The van der Waals surface area contributed by atoms with Crippen molar-refractivity contribution in [1.29, 1.82) is 0 Å². The second kappa shape index (κ2) is 5.51. The number of rotatable bonds is 3. The third kappa shape index (κ3) is 1.96. The molecule has 2 atom stereocenters. The number of primary amides is 1. The third-order valence-corrected chi connectivity index (χ3v) is 5.73. The summed E-state index contributed by atoms with van der Waals surface area (Å²) in [5, 5.41) is 15.9. The smallest absolute Gasteiger partial charge is 0.288 e. The number of ether oxygens (including phenoxy) is 1. The Morgan fingerprint density at radius 2 is 1.97 bits per heavy atom. The topological polar surface area (TPSA) is 120 Å². The number of fused-ring (bicyclic) bond motifs is 5. The van der Waals surface area contributed by atoms with E-state index < -0.39 is 23.0 Å². The second-order valence-corrected chi connectivity index (χ2v) is 7.62. The van der Waals surface area contributed by atoms with Gasteiger partial charge in [-0.25, -0.2) is 9.67 Å². The van der Waals surface area contributed by atoms with E-state index in [1.54, 1.807) is 30.3 Å². The highest BCUT2D eigenvalue weighted by Crippen LogP contribution is 2.59. The molecule has 2 unspecified atom stereocenters. The van der Waals surface area contributed by atoms with E-state index >= 15 is 0 Å². The average Bonchev–Trinajstić information content (AvgIpc) is 3.32. The van der Waals surface area contributed by atoms with Crippen molar-refractivity contribution in [2.75, 3.05) is 0 Å². The first-order valence-electron chi connectivity index (χ1n) is 9.22. The lowest BCUT2D eigenvalue weighted by Crippen LogP contribution is -2.54. The molecular weight excluding hydrogens is 372 g/mol. The van der Waals surface area contributed by atoms with Crippen LogP contribution >= 0.6 is 0 Å². The number of aromatic nitrogens is 3. The standard InChI is InChI=1S/C21H18N4O4/c1-11(2)12-7-8-15-16(9-12)29-21(28)14-6-4-3-5-13(14)17(26)20(15,21)25-10-23-19(24-25)18(22)27/h3-11,28H,1-2H3,(H2,22,27). The molecule has 0 radical (unpaired) electrons. The van der Waals surface area contributed by atoms with Crippen LogP contribution in [0, 0.1) is 0 Å². The second-order valence-electron chi connectivity index (χ2n) is 7.62. The molecule has 0 saturated heterocycles. The summed E-state index contributed by atoms with van der Waals surface area (Å²) in [5.74, 6) is -2.91. The Morgan fingerprint density at radius 3 is 2.66 bits per heavy atom. The van der Waals surface area contributed by atoms with Crippen molar-refractivity contribution >= 4 is 11.7 Å². The summed E-state index contributed by atoms with van der Waals surface area (Å²) in [6.45, 7) is 4.08. The van der Waals surface area contributed by atoms with Gasteiger partial charge in [-0.1, -0.05) is 50.2 Å². The molecule has 29 heavy (non-hydrogen) atoms. The molecule has 0 bridgehead atoms. The van der Waals surface area contributed by atoms with Crippen LogP contribution in [-0.2, 0) is 11.3 Å². The van der Waals surface area contributed by atoms with Crippen LogP contribution in [0.5, 0.6) is 5.75 Å². The van der Waals surface area contributed by atoms with Crippen LogP contribution in [-0.4, -0.2) is 31.6 Å². The molecule has 3 aromatic rings. The van der Waals surface area contributed by atoms with Gasteiger partial charge < -0.3 is 15.6 Å². The summed E-state index contributed by atoms with van der Waals surface area (Å²) in [7, 11) is 0. The Kier molecular flexibility index (Phi) is 3.34. The van der Waals surface area contributed by atoms with Gasteiger partial charge in [0, 0.05) is 16.7 Å². The van der Waals surface area contributed by atoms with Crippen LogP contribution in [0.4, 0.5) is 0 Å². The predicted molar refractivity (Wildman–Crippen MR) is 101 cm³/mol. The van der Waals surface area contributed by atoms with Crippen molar-refractivity contribution < 1.29 is 19.4 Å². The number of hydrogen-bond acceptors (Lipinski definition) is 6. The zero-order valence-corrected chi connectivity index (χ0v) is 15.8. The molecule has 8 heteroatoms. The lowest BCUT2D eigenvalue weighted by atomic mass is 9.82. The first-order chi connectivity index (χ1) is 13.8. The highest BCUT2D eigenvalue weighted by atomic mass is 16.6. The number of aliphatic hydroxyl groups is 1. The molecule has 2 heterocycles. The Morgan fingerprint density at radius 1 is 1.21 bits per heavy atom. The van der Waals surface area contributed by atoms with Crippen LogP contribution in [0.2, 0.25) is 0 Å².